The van der Waals surface area contributed by atoms with Crippen molar-refractivity contribution in [1.82, 2.24) is 9.13 Å². The van der Waals surface area contributed by atoms with Gasteiger partial charge >= 0.3 is 11.7 Å². The first-order valence-electron chi connectivity index (χ1n) is 12.3. The molecule has 0 aliphatic heterocycles. The maximum absolute atomic E-state index is 13.9. The molecule has 0 saturated heterocycles. The molecule has 1 N–H and O–H groups in total. The van der Waals surface area contributed by atoms with Gasteiger partial charge in [0.15, 0.2) is 0 Å². The molecule has 196 valence electrons. The van der Waals surface area contributed by atoms with Crippen molar-refractivity contribution in [3.05, 3.63) is 61.1 Å². The molecule has 10 heteroatoms. The maximum atomic E-state index is 13.9. The third-order valence-corrected chi connectivity index (χ3v) is 8.36. The van der Waals surface area contributed by atoms with E-state index in [1.165, 1.54) is 18.4 Å². The highest BCUT2D eigenvalue weighted by Crippen LogP contribution is 2.35. The summed E-state index contributed by atoms with van der Waals surface area (Å²) in [6.07, 6.45) is 4.46. The standard InChI is InChI=1S/C27H31N3O6S/c1-16-21(14-28)37-24-22(16)23(31)30(27(2,3)25(32)33)26(34)29(24)15-20(36-17-10-6-5-7-11-17)18-12-8-9-13-19(18)35-4/h8-9,12-13,17,20H,5-7,10-11,15H2,1-4H3,(H,32,33)/t20-/m1/s1. The van der Waals surface area contributed by atoms with Gasteiger partial charge in [0.25, 0.3) is 5.56 Å². The van der Waals surface area contributed by atoms with Crippen LogP contribution >= 0.6 is 11.3 Å². The number of thiophene rings is 1. The maximum Gasteiger partial charge on any atom is 0.333 e. The van der Waals surface area contributed by atoms with E-state index < -0.39 is 28.9 Å². The lowest BCUT2D eigenvalue weighted by Gasteiger charge is -2.30. The van der Waals surface area contributed by atoms with Gasteiger partial charge in [-0.15, -0.1) is 11.3 Å². The highest BCUT2D eigenvalue weighted by molar-refractivity contribution is 7.19. The van der Waals surface area contributed by atoms with Crippen molar-refractivity contribution >= 4 is 27.5 Å². The van der Waals surface area contributed by atoms with Gasteiger partial charge in [-0.2, -0.15) is 5.26 Å². The number of benzene rings is 1. The van der Waals surface area contributed by atoms with E-state index in [1.54, 1.807) is 14.0 Å². The van der Waals surface area contributed by atoms with Crippen LogP contribution in [-0.4, -0.2) is 33.4 Å². The van der Waals surface area contributed by atoms with Crippen LogP contribution in [0.4, 0.5) is 0 Å². The summed E-state index contributed by atoms with van der Waals surface area (Å²) in [6, 6.07) is 9.51. The van der Waals surface area contributed by atoms with Gasteiger partial charge in [0.1, 0.15) is 33.2 Å². The minimum Gasteiger partial charge on any atom is -0.496 e. The second kappa shape index (κ2) is 10.5. The molecule has 1 fully saturated rings. The van der Waals surface area contributed by atoms with Gasteiger partial charge < -0.3 is 14.6 Å². The van der Waals surface area contributed by atoms with E-state index in [2.05, 4.69) is 6.07 Å². The number of carbonyl (C=O) groups is 1. The normalized spacial score (nSPS) is 15.4. The molecular formula is C27H31N3O6S. The summed E-state index contributed by atoms with van der Waals surface area (Å²) < 4.78 is 14.4. The van der Waals surface area contributed by atoms with Gasteiger partial charge in [0.2, 0.25) is 0 Å². The number of nitrogens with zero attached hydrogens (tertiary/aromatic N) is 3. The van der Waals surface area contributed by atoms with Crippen molar-refractivity contribution in [1.29, 1.82) is 5.26 Å². The van der Waals surface area contributed by atoms with E-state index in [-0.39, 0.29) is 18.0 Å². The molecule has 1 aliphatic rings. The molecule has 2 aromatic heterocycles. The van der Waals surface area contributed by atoms with Gasteiger partial charge in [-0.05, 0) is 45.2 Å². The van der Waals surface area contributed by atoms with E-state index in [0.717, 1.165) is 53.6 Å². The molecule has 0 bridgehead atoms. The number of fused-ring (bicyclic) bond motifs is 1. The van der Waals surface area contributed by atoms with Crippen molar-refractivity contribution in [2.24, 2.45) is 0 Å². The van der Waals surface area contributed by atoms with Gasteiger partial charge in [-0.25, -0.2) is 14.2 Å². The molecule has 0 amide bonds. The summed E-state index contributed by atoms with van der Waals surface area (Å²) in [5.74, 6) is -0.711. The van der Waals surface area contributed by atoms with Crippen LogP contribution in [0.1, 0.15) is 68.1 Å². The fourth-order valence-corrected chi connectivity index (χ4v) is 6.05. The number of para-hydroxylation sites is 1. The Hall–Kier alpha value is -3.42. The van der Waals surface area contributed by atoms with Crippen molar-refractivity contribution in [3.63, 3.8) is 0 Å². The highest BCUT2D eigenvalue weighted by atomic mass is 32.1. The molecular weight excluding hydrogens is 494 g/mol. The third-order valence-electron chi connectivity index (χ3n) is 7.14. The fraction of sp³-hybridized carbons (Fsp3) is 0.481. The van der Waals surface area contributed by atoms with Gasteiger partial charge in [0.05, 0.1) is 25.1 Å². The minimum absolute atomic E-state index is 0.00374. The minimum atomic E-state index is -1.81. The number of nitriles is 1. The van der Waals surface area contributed by atoms with Crippen LogP contribution < -0.4 is 16.0 Å². The molecule has 2 heterocycles. The number of carboxylic acid groups (broad SMARTS) is 1. The van der Waals surface area contributed by atoms with E-state index in [0.29, 0.717) is 21.0 Å². The Balaban J connectivity index is 1.97. The van der Waals surface area contributed by atoms with Crippen LogP contribution in [0.5, 0.6) is 5.75 Å². The summed E-state index contributed by atoms with van der Waals surface area (Å²) >= 11 is 1.05. The molecule has 1 saturated carbocycles. The summed E-state index contributed by atoms with van der Waals surface area (Å²) in [4.78, 5) is 40.1. The SMILES string of the molecule is COc1ccccc1[C@@H](Cn1c(=O)n(C(C)(C)C(=O)O)c(=O)c2c(C)c(C#N)sc21)OC1CCCCC1. The second-order valence-electron chi connectivity index (χ2n) is 9.87. The number of hydrogen-bond acceptors (Lipinski definition) is 7. The molecule has 4 rings (SSSR count). The van der Waals surface area contributed by atoms with Crippen LogP contribution in [0.2, 0.25) is 0 Å². The molecule has 0 unspecified atom stereocenters. The number of rotatable bonds is 8. The number of ether oxygens (including phenoxy) is 2. The molecule has 1 atom stereocenters. The first-order valence-corrected chi connectivity index (χ1v) is 13.1. The van der Waals surface area contributed by atoms with Crippen LogP contribution in [0.3, 0.4) is 0 Å². The Morgan fingerprint density at radius 2 is 1.92 bits per heavy atom. The summed E-state index contributed by atoms with van der Waals surface area (Å²) in [6.45, 7) is 4.30. The Morgan fingerprint density at radius 3 is 2.54 bits per heavy atom. The van der Waals surface area contributed by atoms with E-state index in [1.807, 2.05) is 24.3 Å². The molecule has 3 aromatic rings. The molecule has 37 heavy (non-hydrogen) atoms. The van der Waals surface area contributed by atoms with E-state index >= 15 is 0 Å². The zero-order chi connectivity index (χ0) is 26.9. The fourth-order valence-electron chi connectivity index (χ4n) is 4.95. The lowest BCUT2D eigenvalue weighted by molar-refractivity contribution is -0.146. The number of aliphatic carboxylic acids is 1. The summed E-state index contributed by atoms with van der Waals surface area (Å²) in [5, 5.41) is 19.7. The second-order valence-corrected chi connectivity index (χ2v) is 10.9. The summed E-state index contributed by atoms with van der Waals surface area (Å²) in [7, 11) is 1.57. The molecule has 0 spiro atoms. The lowest BCUT2D eigenvalue weighted by Crippen LogP contribution is -2.52. The molecule has 9 nitrogen and oxygen atoms in total. The van der Waals surface area contributed by atoms with Gasteiger partial charge in [-0.3, -0.25) is 9.36 Å². The number of hydrogen-bond donors (Lipinski definition) is 1. The topological polar surface area (TPSA) is 124 Å². The molecule has 1 aromatic carbocycles. The summed E-state index contributed by atoms with van der Waals surface area (Å²) in [5.41, 5.74) is -2.11. The number of aryl methyl sites for hydroxylation is 1. The predicted molar refractivity (Wildman–Crippen MR) is 140 cm³/mol. The molecule has 1 aliphatic carbocycles. The van der Waals surface area contributed by atoms with E-state index in [9.17, 15) is 24.8 Å². The number of methoxy groups -OCH3 is 1. The van der Waals surface area contributed by atoms with Crippen molar-refractivity contribution in [2.75, 3.05) is 7.11 Å². The van der Waals surface area contributed by atoms with Crippen LogP contribution in [0, 0.1) is 18.3 Å². The molecule has 0 radical (unpaired) electrons. The average molecular weight is 526 g/mol. The monoisotopic (exact) mass is 525 g/mol. The van der Waals surface area contributed by atoms with Gasteiger partial charge in [-0.1, -0.05) is 37.5 Å². The highest BCUT2D eigenvalue weighted by Gasteiger charge is 2.36. The predicted octanol–water partition coefficient (Wildman–Crippen LogP) is 4.32. The van der Waals surface area contributed by atoms with Crippen LogP contribution in [-0.2, 0) is 21.6 Å². The first-order chi connectivity index (χ1) is 17.6. The number of carboxylic acids is 1. The zero-order valence-electron chi connectivity index (χ0n) is 21.4. The van der Waals surface area contributed by atoms with Crippen molar-refractivity contribution in [2.45, 2.75) is 77.2 Å². The number of aromatic nitrogens is 2. The van der Waals surface area contributed by atoms with E-state index in [4.69, 9.17) is 9.47 Å². The lowest BCUT2D eigenvalue weighted by atomic mass is 9.97. The Kier molecular flexibility index (Phi) is 7.57. The van der Waals surface area contributed by atoms with Crippen molar-refractivity contribution in [3.8, 4) is 11.8 Å². The Bertz CT molecular complexity index is 1490. The Labute approximate surface area is 218 Å². The Morgan fingerprint density at radius 1 is 1.24 bits per heavy atom. The van der Waals surface area contributed by atoms with Crippen molar-refractivity contribution < 1.29 is 19.4 Å². The third kappa shape index (κ3) is 4.81. The van der Waals surface area contributed by atoms with Crippen LogP contribution in [0.25, 0.3) is 10.2 Å². The smallest absolute Gasteiger partial charge is 0.333 e. The zero-order valence-corrected chi connectivity index (χ0v) is 22.3. The van der Waals surface area contributed by atoms with Gasteiger partial charge in [0, 0.05) is 5.56 Å². The first kappa shape index (κ1) is 26.6. The average Bonchev–Trinajstić information content (AvgIpc) is 3.22. The van der Waals surface area contributed by atoms with Crippen LogP contribution in [0.15, 0.2) is 33.9 Å². The largest absolute Gasteiger partial charge is 0.496 e. The quantitative estimate of drug-likeness (QED) is 0.464.